The molecule has 2 aromatic heterocycles. The van der Waals surface area contributed by atoms with Gasteiger partial charge in [0.25, 0.3) is 0 Å². The van der Waals surface area contributed by atoms with E-state index in [0.29, 0.717) is 0 Å². The highest BCUT2D eigenvalue weighted by Crippen LogP contribution is 2.35. The van der Waals surface area contributed by atoms with E-state index in [1.807, 2.05) is 12.3 Å². The molecule has 3 nitrogen and oxygen atoms in total. The van der Waals surface area contributed by atoms with E-state index in [1.165, 1.54) is 51.5 Å². The van der Waals surface area contributed by atoms with Crippen molar-refractivity contribution in [2.45, 2.75) is 45.4 Å². The van der Waals surface area contributed by atoms with Crippen LogP contribution < -0.4 is 5.73 Å². The van der Waals surface area contributed by atoms with E-state index in [-0.39, 0.29) is 0 Å². The molecule has 144 valence electrons. The van der Waals surface area contributed by atoms with Crippen LogP contribution in [-0.4, -0.2) is 16.5 Å². The number of aromatic amines is 1. The zero-order valence-electron chi connectivity index (χ0n) is 16.7. The fourth-order valence-electron chi connectivity index (χ4n) is 4.07. The number of unbranched alkanes of at least 4 members (excludes halogenated alkanes) is 2. The minimum atomic E-state index is 0.745. The molecule has 0 aliphatic heterocycles. The summed E-state index contributed by atoms with van der Waals surface area (Å²) in [5, 5.41) is 2.53. The van der Waals surface area contributed by atoms with Crippen molar-refractivity contribution in [3.63, 3.8) is 0 Å². The minimum absolute atomic E-state index is 0.745. The Morgan fingerprint density at radius 2 is 1.86 bits per heavy atom. The van der Waals surface area contributed by atoms with Crippen molar-refractivity contribution < 1.29 is 0 Å². The van der Waals surface area contributed by atoms with E-state index >= 15 is 0 Å². The molecule has 4 aromatic rings. The van der Waals surface area contributed by atoms with E-state index in [1.54, 1.807) is 0 Å². The fraction of sp³-hybridized carbons (Fsp3) is 0.320. The first-order valence-corrected chi connectivity index (χ1v) is 10.5. The summed E-state index contributed by atoms with van der Waals surface area (Å²) in [6, 6.07) is 17.5. The molecule has 0 radical (unpaired) electrons. The van der Waals surface area contributed by atoms with Gasteiger partial charge in [0.05, 0.1) is 11.2 Å². The van der Waals surface area contributed by atoms with Crippen LogP contribution in [0.4, 0.5) is 0 Å². The van der Waals surface area contributed by atoms with Crippen molar-refractivity contribution >= 4 is 21.8 Å². The Morgan fingerprint density at radius 3 is 2.71 bits per heavy atom. The Bertz CT molecular complexity index is 1070. The predicted octanol–water partition coefficient (Wildman–Crippen LogP) is 6.01. The van der Waals surface area contributed by atoms with Gasteiger partial charge in [-0.25, -0.2) is 0 Å². The molecule has 0 aliphatic carbocycles. The van der Waals surface area contributed by atoms with Crippen LogP contribution in [-0.2, 0) is 12.8 Å². The van der Waals surface area contributed by atoms with Crippen LogP contribution in [0.3, 0.4) is 0 Å². The van der Waals surface area contributed by atoms with Crippen molar-refractivity contribution in [3.05, 3.63) is 65.9 Å². The van der Waals surface area contributed by atoms with Crippen LogP contribution in [0.25, 0.3) is 33.1 Å². The number of benzene rings is 2. The molecular weight excluding hydrogens is 342 g/mol. The number of aryl methyl sites for hydroxylation is 2. The van der Waals surface area contributed by atoms with Crippen LogP contribution in [0.5, 0.6) is 0 Å². The largest absolute Gasteiger partial charge is 0.354 e. The number of nitrogens with one attached hydrogen (secondary N) is 1. The summed E-state index contributed by atoms with van der Waals surface area (Å²) in [6.07, 6.45) is 8.67. The molecule has 3 heteroatoms. The Kier molecular flexibility index (Phi) is 5.73. The smallest absolute Gasteiger partial charge is 0.0795 e. The van der Waals surface area contributed by atoms with Gasteiger partial charge < -0.3 is 10.7 Å². The summed E-state index contributed by atoms with van der Waals surface area (Å²) in [5.41, 5.74) is 13.3. The molecular formula is C25H29N3. The molecule has 2 heterocycles. The molecule has 28 heavy (non-hydrogen) atoms. The monoisotopic (exact) mass is 371 g/mol. The number of hydrogen-bond donors (Lipinski definition) is 2. The summed E-state index contributed by atoms with van der Waals surface area (Å²) in [6.45, 7) is 2.99. The summed E-state index contributed by atoms with van der Waals surface area (Å²) in [7, 11) is 0. The van der Waals surface area contributed by atoms with Gasteiger partial charge in [-0.05, 0) is 68.0 Å². The molecule has 0 aliphatic rings. The van der Waals surface area contributed by atoms with Crippen molar-refractivity contribution in [3.8, 4) is 11.3 Å². The number of pyridine rings is 1. The normalized spacial score (nSPS) is 11.5. The molecule has 0 bridgehead atoms. The van der Waals surface area contributed by atoms with Crippen LogP contribution in [0.2, 0.25) is 0 Å². The SMILES string of the molecule is CCCCc1ccc2[nH]c(-c3cccc4cccnc34)c(CCCCN)c2c1. The molecule has 0 fully saturated rings. The minimum Gasteiger partial charge on any atom is -0.354 e. The number of nitrogens with two attached hydrogens (primary N) is 1. The number of hydrogen-bond acceptors (Lipinski definition) is 2. The van der Waals surface area contributed by atoms with Gasteiger partial charge in [0.15, 0.2) is 0 Å². The molecule has 4 rings (SSSR count). The first-order valence-electron chi connectivity index (χ1n) is 10.5. The molecule has 2 aromatic carbocycles. The number of fused-ring (bicyclic) bond motifs is 2. The quantitative estimate of drug-likeness (QED) is 0.373. The lowest BCUT2D eigenvalue weighted by Gasteiger charge is -2.08. The van der Waals surface area contributed by atoms with Crippen LogP contribution in [0.1, 0.15) is 43.7 Å². The summed E-state index contributed by atoms with van der Waals surface area (Å²) in [5.74, 6) is 0. The fourth-order valence-corrected chi connectivity index (χ4v) is 4.07. The van der Waals surface area contributed by atoms with Crippen LogP contribution >= 0.6 is 0 Å². The highest BCUT2D eigenvalue weighted by molar-refractivity contribution is 5.98. The van der Waals surface area contributed by atoms with Gasteiger partial charge in [-0.2, -0.15) is 0 Å². The maximum atomic E-state index is 5.77. The zero-order chi connectivity index (χ0) is 19.3. The number of aromatic nitrogens is 2. The molecule has 0 saturated carbocycles. The Morgan fingerprint density at radius 1 is 0.964 bits per heavy atom. The van der Waals surface area contributed by atoms with Gasteiger partial charge >= 0.3 is 0 Å². The average molecular weight is 372 g/mol. The second-order valence-electron chi connectivity index (χ2n) is 7.59. The maximum Gasteiger partial charge on any atom is 0.0795 e. The zero-order valence-corrected chi connectivity index (χ0v) is 16.7. The van der Waals surface area contributed by atoms with Gasteiger partial charge in [0.1, 0.15) is 0 Å². The molecule has 0 atom stereocenters. The first kappa shape index (κ1) is 18.7. The lowest BCUT2D eigenvalue weighted by Crippen LogP contribution is -1.99. The number of para-hydroxylation sites is 1. The van der Waals surface area contributed by atoms with Gasteiger partial charge in [-0.15, -0.1) is 0 Å². The second-order valence-corrected chi connectivity index (χ2v) is 7.59. The second kappa shape index (κ2) is 8.57. The lowest BCUT2D eigenvalue weighted by atomic mass is 9.97. The third kappa shape index (κ3) is 3.67. The Balaban J connectivity index is 1.87. The maximum absolute atomic E-state index is 5.77. The Hall–Kier alpha value is -2.65. The van der Waals surface area contributed by atoms with Gasteiger partial charge in [0, 0.05) is 28.0 Å². The topological polar surface area (TPSA) is 54.7 Å². The van der Waals surface area contributed by atoms with E-state index in [2.05, 4.69) is 59.4 Å². The summed E-state index contributed by atoms with van der Waals surface area (Å²) in [4.78, 5) is 8.39. The number of nitrogens with zero attached hydrogens (tertiary/aromatic N) is 1. The van der Waals surface area contributed by atoms with Crippen molar-refractivity contribution in [1.29, 1.82) is 0 Å². The molecule has 3 N–H and O–H groups in total. The molecule has 0 unspecified atom stereocenters. The number of H-pyrrole nitrogens is 1. The lowest BCUT2D eigenvalue weighted by molar-refractivity contribution is 0.748. The van der Waals surface area contributed by atoms with E-state index in [4.69, 9.17) is 5.73 Å². The van der Waals surface area contributed by atoms with E-state index < -0.39 is 0 Å². The van der Waals surface area contributed by atoms with Crippen LogP contribution in [0.15, 0.2) is 54.7 Å². The summed E-state index contributed by atoms with van der Waals surface area (Å²) >= 11 is 0. The van der Waals surface area contributed by atoms with Gasteiger partial charge in [-0.3, -0.25) is 4.98 Å². The molecule has 0 spiro atoms. The highest BCUT2D eigenvalue weighted by Gasteiger charge is 2.16. The first-order chi connectivity index (χ1) is 13.8. The summed E-state index contributed by atoms with van der Waals surface area (Å²) < 4.78 is 0. The molecule has 0 amide bonds. The third-order valence-corrected chi connectivity index (χ3v) is 5.57. The predicted molar refractivity (Wildman–Crippen MR) is 120 cm³/mol. The van der Waals surface area contributed by atoms with Crippen molar-refractivity contribution in [1.82, 2.24) is 9.97 Å². The standard InChI is InChI=1S/C25H29N3/c1-2-3-8-18-13-14-23-22(17-18)20(11-4-5-15-26)25(28-23)21-12-6-9-19-10-7-16-27-24(19)21/h6-7,9-10,12-14,16-17,28H,2-5,8,11,15,26H2,1H3. The Labute approximate surface area is 167 Å². The van der Waals surface area contributed by atoms with Crippen LogP contribution in [0, 0.1) is 0 Å². The number of rotatable bonds is 8. The molecule has 0 saturated heterocycles. The third-order valence-electron chi connectivity index (χ3n) is 5.57. The van der Waals surface area contributed by atoms with E-state index in [9.17, 15) is 0 Å². The van der Waals surface area contributed by atoms with Crippen molar-refractivity contribution in [2.24, 2.45) is 5.73 Å². The van der Waals surface area contributed by atoms with Gasteiger partial charge in [-0.1, -0.05) is 43.7 Å². The highest BCUT2D eigenvalue weighted by atomic mass is 14.7. The van der Waals surface area contributed by atoms with E-state index in [0.717, 1.165) is 37.7 Å². The average Bonchev–Trinajstić information content (AvgIpc) is 3.09. The van der Waals surface area contributed by atoms with Gasteiger partial charge in [0.2, 0.25) is 0 Å². The van der Waals surface area contributed by atoms with Crippen molar-refractivity contribution in [2.75, 3.05) is 6.54 Å².